The molecule has 0 radical (unpaired) electrons. The van der Waals surface area contributed by atoms with E-state index in [2.05, 4.69) is 25.1 Å². The predicted molar refractivity (Wildman–Crippen MR) is 53.4 cm³/mol. The Morgan fingerprint density at radius 2 is 2.33 bits per heavy atom. The molecule has 0 aliphatic carbocycles. The maximum atomic E-state index is 6.00. The number of thioether (sulfide) groups is 1. The third-order valence-corrected chi connectivity index (χ3v) is 3.60. The summed E-state index contributed by atoms with van der Waals surface area (Å²) >= 11 is 1.94. The number of benzene rings is 1. The highest BCUT2D eigenvalue weighted by atomic mass is 32.2. The van der Waals surface area contributed by atoms with Gasteiger partial charge in [-0.15, -0.1) is 11.8 Å². The van der Waals surface area contributed by atoms with Gasteiger partial charge in [0.2, 0.25) is 0 Å². The van der Waals surface area contributed by atoms with E-state index in [0.29, 0.717) is 0 Å². The van der Waals surface area contributed by atoms with Crippen LogP contribution >= 0.6 is 11.8 Å². The van der Waals surface area contributed by atoms with Crippen molar-refractivity contribution in [2.24, 2.45) is 5.73 Å². The molecule has 1 aromatic rings. The average Bonchev–Trinajstić information content (AvgIpc) is 2.07. The van der Waals surface area contributed by atoms with Crippen LogP contribution in [-0.2, 0) is 0 Å². The normalized spacial score (nSPS) is 22.0. The fourth-order valence-corrected chi connectivity index (χ4v) is 2.87. The quantitative estimate of drug-likeness (QED) is 0.662. The van der Waals surface area contributed by atoms with Crippen molar-refractivity contribution < 1.29 is 0 Å². The van der Waals surface area contributed by atoms with Gasteiger partial charge in [0.05, 0.1) is 0 Å². The molecule has 0 saturated carbocycles. The first-order chi connectivity index (χ1) is 5.79. The topological polar surface area (TPSA) is 26.0 Å². The zero-order valence-electron chi connectivity index (χ0n) is 7.21. The van der Waals surface area contributed by atoms with Crippen LogP contribution in [0.1, 0.15) is 23.6 Å². The van der Waals surface area contributed by atoms with E-state index in [-0.39, 0.29) is 6.04 Å². The molecule has 2 N–H and O–H groups in total. The molecular formula is C10H13NS. The second-order valence-corrected chi connectivity index (χ2v) is 4.34. The van der Waals surface area contributed by atoms with Crippen LogP contribution in [0.15, 0.2) is 23.1 Å². The molecule has 12 heavy (non-hydrogen) atoms. The summed E-state index contributed by atoms with van der Waals surface area (Å²) in [6.45, 7) is 2.16. The van der Waals surface area contributed by atoms with Crippen molar-refractivity contribution in [3.8, 4) is 0 Å². The van der Waals surface area contributed by atoms with Gasteiger partial charge >= 0.3 is 0 Å². The van der Waals surface area contributed by atoms with Crippen molar-refractivity contribution in [1.82, 2.24) is 0 Å². The monoisotopic (exact) mass is 179 g/mol. The van der Waals surface area contributed by atoms with Gasteiger partial charge in [0.25, 0.3) is 0 Å². The average molecular weight is 179 g/mol. The Morgan fingerprint density at radius 1 is 1.50 bits per heavy atom. The largest absolute Gasteiger partial charge is 0.324 e. The minimum absolute atomic E-state index is 0.265. The Morgan fingerprint density at radius 3 is 3.08 bits per heavy atom. The second kappa shape index (κ2) is 3.11. The van der Waals surface area contributed by atoms with Crippen LogP contribution in [0.2, 0.25) is 0 Å². The van der Waals surface area contributed by atoms with E-state index < -0.39 is 0 Å². The van der Waals surface area contributed by atoms with E-state index in [1.165, 1.54) is 21.8 Å². The second-order valence-electron chi connectivity index (χ2n) is 3.24. The SMILES string of the molecule is Cc1cccc2c1SCC[C@@H]2N. The van der Waals surface area contributed by atoms with Gasteiger partial charge in [0.1, 0.15) is 0 Å². The molecule has 2 rings (SSSR count). The molecule has 1 aliphatic rings. The summed E-state index contributed by atoms with van der Waals surface area (Å²) in [4.78, 5) is 1.41. The fraction of sp³-hybridized carbons (Fsp3) is 0.400. The third kappa shape index (κ3) is 1.25. The molecule has 0 amide bonds. The van der Waals surface area contributed by atoms with Crippen LogP contribution < -0.4 is 5.73 Å². The number of nitrogens with two attached hydrogens (primary N) is 1. The third-order valence-electron chi connectivity index (χ3n) is 2.32. The maximum absolute atomic E-state index is 6.00. The summed E-state index contributed by atoms with van der Waals surface area (Å²) in [7, 11) is 0. The van der Waals surface area contributed by atoms with E-state index in [1.54, 1.807) is 0 Å². The van der Waals surface area contributed by atoms with Gasteiger partial charge in [0.15, 0.2) is 0 Å². The van der Waals surface area contributed by atoms with Crippen LogP contribution in [0.3, 0.4) is 0 Å². The van der Waals surface area contributed by atoms with Crippen LogP contribution in [0.25, 0.3) is 0 Å². The molecule has 0 saturated heterocycles. The maximum Gasteiger partial charge on any atom is 0.0314 e. The zero-order valence-corrected chi connectivity index (χ0v) is 8.03. The molecule has 1 heterocycles. The van der Waals surface area contributed by atoms with Gasteiger partial charge in [-0.2, -0.15) is 0 Å². The first-order valence-corrected chi connectivity index (χ1v) is 5.25. The first kappa shape index (κ1) is 8.14. The highest BCUT2D eigenvalue weighted by Gasteiger charge is 2.17. The van der Waals surface area contributed by atoms with E-state index in [9.17, 15) is 0 Å². The lowest BCUT2D eigenvalue weighted by molar-refractivity contribution is 0.678. The van der Waals surface area contributed by atoms with Crippen LogP contribution in [0.4, 0.5) is 0 Å². The Hall–Kier alpha value is -0.470. The number of rotatable bonds is 0. The summed E-state index contributed by atoms with van der Waals surface area (Å²) in [6, 6.07) is 6.67. The van der Waals surface area contributed by atoms with Crippen LogP contribution in [-0.4, -0.2) is 5.75 Å². The smallest absolute Gasteiger partial charge is 0.0314 e. The summed E-state index contributed by atoms with van der Waals surface area (Å²) in [5.41, 5.74) is 8.71. The molecular weight excluding hydrogens is 166 g/mol. The number of aryl methyl sites for hydroxylation is 1. The lowest BCUT2D eigenvalue weighted by atomic mass is 10.0. The molecule has 0 bridgehead atoms. The van der Waals surface area contributed by atoms with Gasteiger partial charge in [-0.25, -0.2) is 0 Å². The molecule has 0 spiro atoms. The lowest BCUT2D eigenvalue weighted by Crippen LogP contribution is -2.16. The summed E-state index contributed by atoms with van der Waals surface area (Å²) in [6.07, 6.45) is 1.11. The van der Waals surface area contributed by atoms with Crippen LogP contribution in [0, 0.1) is 6.92 Å². The van der Waals surface area contributed by atoms with E-state index in [1.807, 2.05) is 11.8 Å². The van der Waals surface area contributed by atoms with E-state index in [4.69, 9.17) is 5.73 Å². The van der Waals surface area contributed by atoms with Gasteiger partial charge in [-0.1, -0.05) is 18.2 Å². The molecule has 1 aromatic carbocycles. The first-order valence-electron chi connectivity index (χ1n) is 4.27. The van der Waals surface area contributed by atoms with Gasteiger partial charge in [0, 0.05) is 10.9 Å². The Kier molecular flexibility index (Phi) is 2.11. The lowest BCUT2D eigenvalue weighted by Gasteiger charge is -2.22. The minimum Gasteiger partial charge on any atom is -0.324 e. The Bertz CT molecular complexity index is 296. The van der Waals surface area contributed by atoms with Crippen molar-refractivity contribution in [2.75, 3.05) is 5.75 Å². The van der Waals surface area contributed by atoms with Crippen molar-refractivity contribution >= 4 is 11.8 Å². The number of hydrogen-bond acceptors (Lipinski definition) is 2. The van der Waals surface area contributed by atoms with Crippen molar-refractivity contribution in [1.29, 1.82) is 0 Å². The molecule has 1 atom stereocenters. The summed E-state index contributed by atoms with van der Waals surface area (Å²) in [5, 5.41) is 0. The molecule has 1 aliphatic heterocycles. The molecule has 0 fully saturated rings. The Labute approximate surface area is 77.3 Å². The molecule has 1 nitrogen and oxygen atoms in total. The van der Waals surface area contributed by atoms with Gasteiger partial charge in [-0.3, -0.25) is 0 Å². The van der Waals surface area contributed by atoms with Crippen molar-refractivity contribution in [2.45, 2.75) is 24.3 Å². The molecule has 64 valence electrons. The van der Waals surface area contributed by atoms with Gasteiger partial charge < -0.3 is 5.73 Å². The zero-order chi connectivity index (χ0) is 8.55. The number of fused-ring (bicyclic) bond motifs is 1. The Balaban J connectivity index is 2.52. The number of hydrogen-bond donors (Lipinski definition) is 1. The van der Waals surface area contributed by atoms with Crippen LogP contribution in [0.5, 0.6) is 0 Å². The van der Waals surface area contributed by atoms with E-state index in [0.717, 1.165) is 6.42 Å². The van der Waals surface area contributed by atoms with Crippen molar-refractivity contribution in [3.05, 3.63) is 29.3 Å². The fourth-order valence-electron chi connectivity index (χ4n) is 1.61. The highest BCUT2D eigenvalue weighted by Crippen LogP contribution is 2.36. The molecule has 2 heteroatoms. The van der Waals surface area contributed by atoms with Crippen molar-refractivity contribution in [3.63, 3.8) is 0 Å². The highest BCUT2D eigenvalue weighted by molar-refractivity contribution is 7.99. The summed E-state index contributed by atoms with van der Waals surface area (Å²) < 4.78 is 0. The summed E-state index contributed by atoms with van der Waals surface area (Å²) in [5.74, 6) is 1.17. The van der Waals surface area contributed by atoms with Gasteiger partial charge in [-0.05, 0) is 30.2 Å². The minimum atomic E-state index is 0.265. The molecule has 0 aromatic heterocycles. The van der Waals surface area contributed by atoms with E-state index >= 15 is 0 Å². The predicted octanol–water partition coefficient (Wildman–Crippen LogP) is 2.49. The molecule has 0 unspecified atom stereocenters. The standard InChI is InChI=1S/C10H13NS/c1-7-3-2-4-8-9(11)5-6-12-10(7)8/h2-4,9H,5-6,11H2,1H3/t9-/m0/s1.